The Labute approximate surface area is 96.4 Å². The standard InChI is InChI=1S/C10H11NO6/c1-17-9-3-2-6(11(15)16)4-7(9)8(12)5-10(13)14/h2-4,8,12H,5H2,1H3,(H,13,14)/t8-/m1/s1. The average molecular weight is 241 g/mol. The predicted molar refractivity (Wildman–Crippen MR) is 56.9 cm³/mol. The quantitative estimate of drug-likeness (QED) is 0.590. The molecule has 0 aliphatic rings. The van der Waals surface area contributed by atoms with Crippen LogP contribution in [0.4, 0.5) is 5.69 Å². The van der Waals surface area contributed by atoms with E-state index >= 15 is 0 Å². The number of nitrogens with zero attached hydrogens (tertiary/aromatic N) is 1. The number of hydrogen-bond donors (Lipinski definition) is 2. The van der Waals surface area contributed by atoms with E-state index in [2.05, 4.69) is 0 Å². The molecule has 1 aromatic rings. The molecular weight excluding hydrogens is 230 g/mol. The van der Waals surface area contributed by atoms with E-state index in [1.54, 1.807) is 0 Å². The van der Waals surface area contributed by atoms with Gasteiger partial charge in [0.1, 0.15) is 5.75 Å². The Hall–Kier alpha value is -2.15. The second kappa shape index (κ2) is 5.26. The number of carboxylic acid groups (broad SMARTS) is 1. The molecule has 0 aliphatic carbocycles. The van der Waals surface area contributed by atoms with Gasteiger partial charge in [0.05, 0.1) is 24.6 Å². The zero-order valence-corrected chi connectivity index (χ0v) is 8.99. The summed E-state index contributed by atoms with van der Waals surface area (Å²) in [5.41, 5.74) is -0.144. The summed E-state index contributed by atoms with van der Waals surface area (Å²) in [6.07, 6.45) is -1.89. The lowest BCUT2D eigenvalue weighted by Crippen LogP contribution is -2.07. The number of aliphatic hydroxyl groups is 1. The van der Waals surface area contributed by atoms with Crippen LogP contribution in [0.1, 0.15) is 18.1 Å². The highest BCUT2D eigenvalue weighted by Gasteiger charge is 2.20. The third kappa shape index (κ3) is 3.15. The highest BCUT2D eigenvalue weighted by molar-refractivity contribution is 5.68. The van der Waals surface area contributed by atoms with Crippen molar-refractivity contribution in [3.8, 4) is 5.75 Å². The second-order valence-corrected chi connectivity index (χ2v) is 3.30. The van der Waals surface area contributed by atoms with Gasteiger partial charge in [-0.3, -0.25) is 14.9 Å². The number of hydrogen-bond acceptors (Lipinski definition) is 5. The number of non-ortho nitro benzene ring substituents is 1. The number of benzene rings is 1. The van der Waals surface area contributed by atoms with Crippen LogP contribution in [0.15, 0.2) is 18.2 Å². The van der Waals surface area contributed by atoms with Crippen LogP contribution in [-0.2, 0) is 4.79 Å². The second-order valence-electron chi connectivity index (χ2n) is 3.30. The molecule has 0 amide bonds. The van der Waals surface area contributed by atoms with Gasteiger partial charge in [0, 0.05) is 17.7 Å². The first-order chi connectivity index (χ1) is 7.95. The van der Waals surface area contributed by atoms with Crippen LogP contribution < -0.4 is 4.74 Å². The van der Waals surface area contributed by atoms with Crippen LogP contribution in [0.3, 0.4) is 0 Å². The summed E-state index contributed by atoms with van der Waals surface area (Å²) in [7, 11) is 1.33. The van der Waals surface area contributed by atoms with Crippen molar-refractivity contribution in [1.29, 1.82) is 0 Å². The van der Waals surface area contributed by atoms with E-state index in [0.29, 0.717) is 0 Å². The molecule has 0 saturated carbocycles. The molecule has 1 rings (SSSR count). The Kier molecular flexibility index (Phi) is 4.00. The fraction of sp³-hybridized carbons (Fsp3) is 0.300. The van der Waals surface area contributed by atoms with Crippen LogP contribution >= 0.6 is 0 Å². The maximum absolute atomic E-state index is 10.6. The largest absolute Gasteiger partial charge is 0.496 e. The van der Waals surface area contributed by atoms with Gasteiger partial charge in [0.25, 0.3) is 5.69 Å². The Morgan fingerprint density at radius 2 is 2.24 bits per heavy atom. The average Bonchev–Trinajstić information content (AvgIpc) is 2.27. The van der Waals surface area contributed by atoms with Gasteiger partial charge in [-0.1, -0.05) is 0 Å². The molecule has 2 N–H and O–H groups in total. The molecule has 0 unspecified atom stereocenters. The lowest BCUT2D eigenvalue weighted by molar-refractivity contribution is -0.385. The summed E-state index contributed by atoms with van der Waals surface area (Å²) in [5.74, 6) is -0.990. The van der Waals surface area contributed by atoms with Gasteiger partial charge in [0.15, 0.2) is 0 Å². The Morgan fingerprint density at radius 3 is 2.71 bits per heavy atom. The molecule has 7 heteroatoms. The Morgan fingerprint density at radius 1 is 1.59 bits per heavy atom. The molecule has 0 aromatic heterocycles. The van der Waals surface area contributed by atoms with Gasteiger partial charge in [0.2, 0.25) is 0 Å². The van der Waals surface area contributed by atoms with E-state index in [1.807, 2.05) is 0 Å². The van der Waals surface area contributed by atoms with Gasteiger partial charge in [-0.15, -0.1) is 0 Å². The minimum Gasteiger partial charge on any atom is -0.496 e. The minimum absolute atomic E-state index is 0.0871. The molecule has 1 atom stereocenters. The van der Waals surface area contributed by atoms with Gasteiger partial charge < -0.3 is 14.9 Å². The minimum atomic E-state index is -1.35. The van der Waals surface area contributed by atoms with Crippen LogP contribution in [0.25, 0.3) is 0 Å². The molecule has 1 aromatic carbocycles. The molecular formula is C10H11NO6. The zero-order valence-electron chi connectivity index (χ0n) is 8.99. The Balaban J connectivity index is 3.13. The van der Waals surface area contributed by atoms with Gasteiger partial charge >= 0.3 is 5.97 Å². The van der Waals surface area contributed by atoms with Gasteiger partial charge in [-0.05, 0) is 6.07 Å². The number of carboxylic acids is 1. The zero-order chi connectivity index (χ0) is 13.0. The molecule has 0 aliphatic heterocycles. The van der Waals surface area contributed by atoms with Crippen LogP contribution in [0, 0.1) is 10.1 Å². The number of carbonyl (C=O) groups is 1. The van der Waals surface area contributed by atoms with E-state index in [1.165, 1.54) is 19.2 Å². The smallest absolute Gasteiger partial charge is 0.306 e. The van der Waals surface area contributed by atoms with Crippen molar-refractivity contribution in [3.63, 3.8) is 0 Å². The summed E-state index contributed by atoms with van der Waals surface area (Å²) >= 11 is 0. The van der Waals surface area contributed by atoms with Crippen molar-refractivity contribution >= 4 is 11.7 Å². The van der Waals surface area contributed by atoms with E-state index in [9.17, 15) is 20.0 Å². The maximum Gasteiger partial charge on any atom is 0.306 e. The summed E-state index contributed by atoms with van der Waals surface area (Å²) in [5, 5.41) is 28.7. The third-order valence-electron chi connectivity index (χ3n) is 2.15. The highest BCUT2D eigenvalue weighted by atomic mass is 16.6. The predicted octanol–water partition coefficient (Wildman–Crippen LogP) is 1.11. The van der Waals surface area contributed by atoms with Crippen molar-refractivity contribution in [2.24, 2.45) is 0 Å². The summed E-state index contributed by atoms with van der Waals surface area (Å²) in [4.78, 5) is 20.4. The number of nitro benzene ring substituents is 1. The molecule has 7 nitrogen and oxygen atoms in total. The Bertz CT molecular complexity index is 444. The summed E-state index contributed by atoms with van der Waals surface area (Å²) in [6, 6.07) is 3.64. The fourth-order valence-electron chi connectivity index (χ4n) is 1.37. The highest BCUT2D eigenvalue weighted by Crippen LogP contribution is 2.30. The van der Waals surface area contributed by atoms with E-state index in [0.717, 1.165) is 6.07 Å². The molecule has 92 valence electrons. The SMILES string of the molecule is COc1ccc([N+](=O)[O-])cc1[C@H](O)CC(=O)O. The number of nitro groups is 1. The lowest BCUT2D eigenvalue weighted by atomic mass is 10.0. The number of aliphatic hydroxyl groups excluding tert-OH is 1. The number of rotatable bonds is 5. The molecule has 0 bridgehead atoms. The van der Waals surface area contributed by atoms with Crippen molar-refractivity contribution in [2.45, 2.75) is 12.5 Å². The normalized spacial score (nSPS) is 11.9. The fourth-order valence-corrected chi connectivity index (χ4v) is 1.37. The van der Waals surface area contributed by atoms with Crippen LogP contribution in [0.2, 0.25) is 0 Å². The summed E-state index contributed by atoms with van der Waals surface area (Å²) in [6.45, 7) is 0. The molecule has 0 saturated heterocycles. The summed E-state index contributed by atoms with van der Waals surface area (Å²) < 4.78 is 4.91. The first-order valence-corrected chi connectivity index (χ1v) is 4.68. The molecule has 0 spiro atoms. The maximum atomic E-state index is 10.6. The lowest BCUT2D eigenvalue weighted by Gasteiger charge is -2.12. The molecule has 0 heterocycles. The van der Waals surface area contributed by atoms with Crippen molar-refractivity contribution in [3.05, 3.63) is 33.9 Å². The van der Waals surface area contributed by atoms with E-state index < -0.39 is 23.4 Å². The third-order valence-corrected chi connectivity index (χ3v) is 2.15. The van der Waals surface area contributed by atoms with E-state index in [4.69, 9.17) is 9.84 Å². The molecule has 0 radical (unpaired) electrons. The number of ether oxygens (including phenoxy) is 1. The first-order valence-electron chi connectivity index (χ1n) is 4.68. The van der Waals surface area contributed by atoms with Crippen LogP contribution in [-0.4, -0.2) is 28.2 Å². The first kappa shape index (κ1) is 12.9. The number of aliphatic carboxylic acids is 1. The number of methoxy groups -OCH3 is 1. The van der Waals surface area contributed by atoms with E-state index in [-0.39, 0.29) is 17.0 Å². The topological polar surface area (TPSA) is 110 Å². The monoisotopic (exact) mass is 241 g/mol. The van der Waals surface area contributed by atoms with Crippen molar-refractivity contribution in [1.82, 2.24) is 0 Å². The van der Waals surface area contributed by atoms with Crippen molar-refractivity contribution in [2.75, 3.05) is 7.11 Å². The van der Waals surface area contributed by atoms with Gasteiger partial charge in [-0.2, -0.15) is 0 Å². The molecule has 0 fully saturated rings. The van der Waals surface area contributed by atoms with Crippen molar-refractivity contribution < 1.29 is 24.7 Å². The van der Waals surface area contributed by atoms with Crippen LogP contribution in [0.5, 0.6) is 5.75 Å². The molecule has 17 heavy (non-hydrogen) atoms. The van der Waals surface area contributed by atoms with Gasteiger partial charge in [-0.25, -0.2) is 0 Å².